The van der Waals surface area contributed by atoms with Crippen molar-refractivity contribution in [1.29, 1.82) is 0 Å². The van der Waals surface area contributed by atoms with Gasteiger partial charge in [0.1, 0.15) is 12.1 Å². The van der Waals surface area contributed by atoms with Gasteiger partial charge in [0, 0.05) is 12.4 Å². The Hall–Kier alpha value is -2.10. The van der Waals surface area contributed by atoms with Crippen LogP contribution in [0.4, 0.5) is 0 Å². The quantitative estimate of drug-likeness (QED) is 0.850. The van der Waals surface area contributed by atoms with E-state index in [2.05, 4.69) is 18.0 Å². The molecule has 2 rings (SSSR count). The van der Waals surface area contributed by atoms with Gasteiger partial charge in [0.2, 0.25) is 0 Å². The number of imidazole rings is 1. The van der Waals surface area contributed by atoms with Crippen LogP contribution in [0.15, 0.2) is 30.9 Å². The van der Waals surface area contributed by atoms with Gasteiger partial charge >= 0.3 is 0 Å². The summed E-state index contributed by atoms with van der Waals surface area (Å²) < 4.78 is 7.20. The van der Waals surface area contributed by atoms with Crippen molar-refractivity contribution in [2.45, 2.75) is 33.8 Å². The van der Waals surface area contributed by atoms with Gasteiger partial charge in [-0.2, -0.15) is 0 Å². The lowest BCUT2D eigenvalue weighted by molar-refractivity contribution is 0.0726. The Bertz CT molecular complexity index is 588. The molecule has 0 fully saturated rings. The van der Waals surface area contributed by atoms with E-state index >= 15 is 0 Å². The molecule has 1 heterocycles. The van der Waals surface area contributed by atoms with E-state index in [-0.39, 0.29) is 5.91 Å². The Morgan fingerprint density at radius 2 is 1.89 bits per heavy atom. The van der Waals surface area contributed by atoms with Crippen LogP contribution in [-0.4, -0.2) is 21.6 Å². The molecule has 4 heteroatoms. The highest BCUT2D eigenvalue weighted by Gasteiger charge is 2.17. The summed E-state index contributed by atoms with van der Waals surface area (Å²) in [5.41, 5.74) is 3.41. The first-order chi connectivity index (χ1) is 8.99. The summed E-state index contributed by atoms with van der Waals surface area (Å²) in [6.07, 6.45) is 4.13. The molecular formula is C15H18N2O2. The van der Waals surface area contributed by atoms with Crippen molar-refractivity contribution < 1.29 is 9.53 Å². The van der Waals surface area contributed by atoms with Crippen LogP contribution in [0.25, 0.3) is 0 Å². The summed E-state index contributed by atoms with van der Waals surface area (Å²) in [6.45, 7) is 7.82. The van der Waals surface area contributed by atoms with Crippen LogP contribution in [-0.2, 0) is 0 Å². The molecule has 0 radical (unpaired) electrons. The van der Waals surface area contributed by atoms with E-state index in [4.69, 9.17) is 4.74 Å². The number of hydrogen-bond acceptors (Lipinski definition) is 3. The van der Waals surface area contributed by atoms with Gasteiger partial charge in [-0.1, -0.05) is 6.07 Å². The monoisotopic (exact) mass is 258 g/mol. The molecule has 0 N–H and O–H groups in total. The maximum atomic E-state index is 12.1. The SMILES string of the molecule is Cc1cc(C)c(OC(C)C(=O)n2ccnc2)cc1C. The summed E-state index contributed by atoms with van der Waals surface area (Å²) in [7, 11) is 0. The fraction of sp³-hybridized carbons (Fsp3) is 0.333. The van der Waals surface area contributed by atoms with E-state index in [0.29, 0.717) is 0 Å². The number of nitrogens with zero attached hydrogens (tertiary/aromatic N) is 2. The number of rotatable bonds is 3. The van der Waals surface area contributed by atoms with Crippen molar-refractivity contribution in [3.63, 3.8) is 0 Å². The summed E-state index contributed by atoms with van der Waals surface area (Å²) >= 11 is 0. The van der Waals surface area contributed by atoms with Gasteiger partial charge in [-0.05, 0) is 50.5 Å². The Morgan fingerprint density at radius 3 is 2.53 bits per heavy atom. The molecule has 0 saturated heterocycles. The minimum atomic E-state index is -0.546. The van der Waals surface area contributed by atoms with Gasteiger partial charge in [0.05, 0.1) is 0 Å². The molecule has 1 aromatic heterocycles. The summed E-state index contributed by atoms with van der Waals surface area (Å²) in [4.78, 5) is 15.9. The first-order valence-electron chi connectivity index (χ1n) is 6.25. The predicted molar refractivity (Wildman–Crippen MR) is 73.6 cm³/mol. The molecule has 0 aliphatic heterocycles. The highest BCUT2D eigenvalue weighted by molar-refractivity contribution is 5.83. The lowest BCUT2D eigenvalue weighted by Crippen LogP contribution is -2.28. The molecule has 1 aromatic carbocycles. The molecule has 0 saturated carbocycles. The average molecular weight is 258 g/mol. The van der Waals surface area contributed by atoms with Gasteiger partial charge in [-0.3, -0.25) is 9.36 Å². The smallest absolute Gasteiger partial charge is 0.272 e. The van der Waals surface area contributed by atoms with E-state index in [1.54, 1.807) is 19.3 Å². The molecule has 4 nitrogen and oxygen atoms in total. The van der Waals surface area contributed by atoms with E-state index < -0.39 is 6.10 Å². The zero-order valence-corrected chi connectivity index (χ0v) is 11.7. The third kappa shape index (κ3) is 2.84. The van der Waals surface area contributed by atoms with Crippen LogP contribution in [0, 0.1) is 20.8 Å². The van der Waals surface area contributed by atoms with Gasteiger partial charge in [-0.15, -0.1) is 0 Å². The lowest BCUT2D eigenvalue weighted by atomic mass is 10.1. The Balaban J connectivity index is 2.17. The number of carbonyl (C=O) groups is 1. The van der Waals surface area contributed by atoms with Crippen LogP contribution >= 0.6 is 0 Å². The van der Waals surface area contributed by atoms with Crippen LogP contribution in [0.2, 0.25) is 0 Å². The van der Waals surface area contributed by atoms with Gasteiger partial charge in [0.25, 0.3) is 5.91 Å². The van der Waals surface area contributed by atoms with Crippen molar-refractivity contribution in [2.24, 2.45) is 0 Å². The minimum Gasteiger partial charge on any atom is -0.481 e. The molecule has 0 bridgehead atoms. The molecule has 0 aliphatic rings. The normalized spacial score (nSPS) is 12.2. The Morgan fingerprint density at radius 1 is 1.21 bits per heavy atom. The van der Waals surface area contributed by atoms with E-state index in [9.17, 15) is 4.79 Å². The first kappa shape index (κ1) is 13.3. The highest BCUT2D eigenvalue weighted by Crippen LogP contribution is 2.23. The van der Waals surface area contributed by atoms with Crippen molar-refractivity contribution >= 4 is 5.91 Å². The minimum absolute atomic E-state index is 0.130. The van der Waals surface area contributed by atoms with Crippen molar-refractivity contribution in [1.82, 2.24) is 9.55 Å². The maximum absolute atomic E-state index is 12.1. The summed E-state index contributed by atoms with van der Waals surface area (Å²) in [5, 5.41) is 0. The first-order valence-corrected chi connectivity index (χ1v) is 6.25. The third-order valence-corrected chi connectivity index (χ3v) is 3.20. The number of hydrogen-bond donors (Lipinski definition) is 0. The number of benzene rings is 1. The van der Waals surface area contributed by atoms with Crippen LogP contribution in [0.1, 0.15) is 28.4 Å². The Kier molecular flexibility index (Phi) is 3.69. The number of aryl methyl sites for hydroxylation is 3. The molecular weight excluding hydrogens is 240 g/mol. The topological polar surface area (TPSA) is 44.1 Å². The fourth-order valence-electron chi connectivity index (χ4n) is 1.90. The van der Waals surface area contributed by atoms with Crippen molar-refractivity contribution in [3.8, 4) is 5.75 Å². The second kappa shape index (κ2) is 5.26. The molecule has 0 aliphatic carbocycles. The van der Waals surface area contributed by atoms with Crippen LogP contribution in [0.3, 0.4) is 0 Å². The highest BCUT2D eigenvalue weighted by atomic mass is 16.5. The molecule has 0 spiro atoms. The lowest BCUT2D eigenvalue weighted by Gasteiger charge is -2.17. The second-order valence-electron chi connectivity index (χ2n) is 4.77. The van der Waals surface area contributed by atoms with Crippen LogP contribution < -0.4 is 4.74 Å². The zero-order valence-electron chi connectivity index (χ0n) is 11.7. The van der Waals surface area contributed by atoms with Gasteiger partial charge in [0.15, 0.2) is 6.10 Å². The van der Waals surface area contributed by atoms with Gasteiger partial charge < -0.3 is 4.74 Å². The fourth-order valence-corrected chi connectivity index (χ4v) is 1.90. The van der Waals surface area contributed by atoms with Gasteiger partial charge in [-0.25, -0.2) is 4.98 Å². The third-order valence-electron chi connectivity index (χ3n) is 3.20. The second-order valence-corrected chi connectivity index (χ2v) is 4.77. The molecule has 1 unspecified atom stereocenters. The summed E-state index contributed by atoms with van der Waals surface area (Å²) in [5.74, 6) is 0.624. The maximum Gasteiger partial charge on any atom is 0.272 e. The number of ether oxygens (including phenoxy) is 1. The number of aromatic nitrogens is 2. The van der Waals surface area contributed by atoms with E-state index in [1.807, 2.05) is 19.9 Å². The molecule has 1 atom stereocenters. The standard InChI is InChI=1S/C15H18N2O2/c1-10-7-12(3)14(8-11(10)2)19-13(4)15(18)17-6-5-16-9-17/h5-9,13H,1-4H3. The zero-order chi connectivity index (χ0) is 14.0. The van der Waals surface area contributed by atoms with Crippen LogP contribution in [0.5, 0.6) is 5.75 Å². The Labute approximate surface area is 113 Å². The van der Waals surface area contributed by atoms with E-state index in [1.165, 1.54) is 16.5 Å². The number of carbonyl (C=O) groups excluding carboxylic acids is 1. The van der Waals surface area contributed by atoms with E-state index in [0.717, 1.165) is 16.9 Å². The van der Waals surface area contributed by atoms with Crippen molar-refractivity contribution in [3.05, 3.63) is 47.5 Å². The molecule has 100 valence electrons. The largest absolute Gasteiger partial charge is 0.481 e. The molecule has 19 heavy (non-hydrogen) atoms. The molecule has 2 aromatic rings. The molecule has 0 amide bonds. The summed E-state index contributed by atoms with van der Waals surface area (Å²) in [6, 6.07) is 4.04. The average Bonchev–Trinajstić information content (AvgIpc) is 2.88. The predicted octanol–water partition coefficient (Wildman–Crippen LogP) is 2.92. The van der Waals surface area contributed by atoms with Crippen molar-refractivity contribution in [2.75, 3.05) is 0 Å².